The summed E-state index contributed by atoms with van der Waals surface area (Å²) in [6.45, 7) is 0.771. The molecule has 1 atom stereocenters. The van der Waals surface area contributed by atoms with Crippen LogP contribution in [0.2, 0.25) is 5.02 Å². The standard InChI is InChI=1S/C24H20ClNO6/c25-19-8-17-12-29-14-32-22(17)18(9-19)13-31-24(28)20-10-15-4-1-2-5-16(15)11-26(20)23(27)21-6-3-7-30-21/h1-9,20H,10-14H2/t20-/m0/s1. The summed E-state index contributed by atoms with van der Waals surface area (Å²) in [4.78, 5) is 27.7. The van der Waals surface area contributed by atoms with Crippen LogP contribution in [0.1, 0.15) is 32.8 Å². The van der Waals surface area contributed by atoms with E-state index in [1.807, 2.05) is 24.3 Å². The van der Waals surface area contributed by atoms with Crippen molar-refractivity contribution in [3.8, 4) is 5.75 Å². The number of fused-ring (bicyclic) bond motifs is 2. The van der Waals surface area contributed by atoms with E-state index >= 15 is 0 Å². The second-order valence-electron chi connectivity index (χ2n) is 7.67. The van der Waals surface area contributed by atoms with Gasteiger partial charge in [0.05, 0.1) is 12.9 Å². The topological polar surface area (TPSA) is 78.2 Å². The molecule has 0 fully saturated rings. The van der Waals surface area contributed by atoms with E-state index in [9.17, 15) is 9.59 Å². The van der Waals surface area contributed by atoms with Crippen LogP contribution in [-0.2, 0) is 40.4 Å². The van der Waals surface area contributed by atoms with E-state index in [0.717, 1.165) is 16.7 Å². The molecule has 0 spiro atoms. The van der Waals surface area contributed by atoms with Crippen molar-refractivity contribution in [2.45, 2.75) is 32.2 Å². The summed E-state index contributed by atoms with van der Waals surface area (Å²) >= 11 is 6.21. The maximum Gasteiger partial charge on any atom is 0.329 e. The number of amides is 1. The van der Waals surface area contributed by atoms with E-state index in [1.54, 1.807) is 24.3 Å². The number of esters is 1. The van der Waals surface area contributed by atoms with Gasteiger partial charge >= 0.3 is 5.97 Å². The van der Waals surface area contributed by atoms with Gasteiger partial charge in [0.15, 0.2) is 12.6 Å². The highest BCUT2D eigenvalue weighted by Crippen LogP contribution is 2.33. The van der Waals surface area contributed by atoms with Crippen molar-refractivity contribution in [2.24, 2.45) is 0 Å². The Labute approximate surface area is 189 Å². The normalized spacial score (nSPS) is 17.2. The summed E-state index contributed by atoms with van der Waals surface area (Å²) in [6.07, 6.45) is 1.80. The first kappa shape index (κ1) is 20.6. The highest BCUT2D eigenvalue weighted by Gasteiger charge is 2.37. The Morgan fingerprint density at radius 1 is 1.09 bits per heavy atom. The monoisotopic (exact) mass is 453 g/mol. The molecular weight excluding hydrogens is 434 g/mol. The van der Waals surface area contributed by atoms with Gasteiger partial charge in [-0.25, -0.2) is 4.79 Å². The van der Waals surface area contributed by atoms with Gasteiger partial charge in [-0.05, 0) is 35.4 Å². The van der Waals surface area contributed by atoms with E-state index in [-0.39, 0.29) is 25.1 Å². The molecular formula is C24H20ClNO6. The van der Waals surface area contributed by atoms with Gasteiger partial charge in [-0.2, -0.15) is 0 Å². The summed E-state index contributed by atoms with van der Waals surface area (Å²) < 4.78 is 21.8. The zero-order valence-corrected chi connectivity index (χ0v) is 17.8. The van der Waals surface area contributed by atoms with Gasteiger partial charge in [0.1, 0.15) is 18.4 Å². The van der Waals surface area contributed by atoms with Gasteiger partial charge in [0.2, 0.25) is 0 Å². The molecule has 2 aliphatic heterocycles. The minimum Gasteiger partial charge on any atom is -0.467 e. The van der Waals surface area contributed by atoms with Gasteiger partial charge in [0.25, 0.3) is 5.91 Å². The van der Waals surface area contributed by atoms with Crippen LogP contribution in [0.5, 0.6) is 5.75 Å². The van der Waals surface area contributed by atoms with Crippen LogP contribution < -0.4 is 4.74 Å². The zero-order chi connectivity index (χ0) is 22.1. The Kier molecular flexibility index (Phi) is 5.59. The van der Waals surface area contributed by atoms with Crippen molar-refractivity contribution >= 4 is 23.5 Å². The predicted molar refractivity (Wildman–Crippen MR) is 114 cm³/mol. The van der Waals surface area contributed by atoms with Crippen molar-refractivity contribution in [1.29, 1.82) is 0 Å². The molecule has 164 valence electrons. The van der Waals surface area contributed by atoms with Crippen molar-refractivity contribution in [1.82, 2.24) is 4.90 Å². The number of furan rings is 1. The minimum atomic E-state index is -0.776. The molecule has 3 aromatic rings. The molecule has 32 heavy (non-hydrogen) atoms. The third kappa shape index (κ3) is 3.97. The van der Waals surface area contributed by atoms with Crippen LogP contribution in [-0.4, -0.2) is 29.6 Å². The van der Waals surface area contributed by atoms with Gasteiger partial charge in [0, 0.05) is 29.1 Å². The number of nitrogens with zero attached hydrogens (tertiary/aromatic N) is 1. The molecule has 1 aromatic heterocycles. The van der Waals surface area contributed by atoms with Crippen LogP contribution >= 0.6 is 11.6 Å². The fourth-order valence-electron chi connectivity index (χ4n) is 4.10. The van der Waals surface area contributed by atoms with E-state index in [2.05, 4.69) is 0 Å². The molecule has 7 nitrogen and oxygen atoms in total. The van der Waals surface area contributed by atoms with Crippen molar-refractivity contribution in [3.63, 3.8) is 0 Å². The third-order valence-corrected chi connectivity index (χ3v) is 5.85. The molecule has 8 heteroatoms. The summed E-state index contributed by atoms with van der Waals surface area (Å²) in [7, 11) is 0. The van der Waals surface area contributed by atoms with E-state index in [1.165, 1.54) is 11.2 Å². The predicted octanol–water partition coefficient (Wildman–Crippen LogP) is 4.11. The van der Waals surface area contributed by atoms with E-state index < -0.39 is 12.0 Å². The molecule has 0 saturated carbocycles. The Morgan fingerprint density at radius 2 is 1.94 bits per heavy atom. The molecule has 0 unspecified atom stereocenters. The summed E-state index contributed by atoms with van der Waals surface area (Å²) in [6, 6.07) is 13.7. The summed E-state index contributed by atoms with van der Waals surface area (Å²) in [5, 5.41) is 0.505. The SMILES string of the molecule is O=C(OCc1cc(Cl)cc2c1OCOC2)[C@@H]1Cc2ccccc2CN1C(=O)c1ccco1. The quantitative estimate of drug-likeness (QED) is 0.553. The molecule has 0 N–H and O–H groups in total. The van der Waals surface area contributed by atoms with Gasteiger partial charge in [-0.15, -0.1) is 0 Å². The number of hydrogen-bond acceptors (Lipinski definition) is 6. The highest BCUT2D eigenvalue weighted by atomic mass is 35.5. The second-order valence-corrected chi connectivity index (χ2v) is 8.11. The third-order valence-electron chi connectivity index (χ3n) is 5.64. The van der Waals surface area contributed by atoms with Crippen molar-refractivity contribution in [2.75, 3.05) is 6.79 Å². The summed E-state index contributed by atoms with van der Waals surface area (Å²) in [5.41, 5.74) is 3.47. The molecule has 0 aliphatic carbocycles. The number of carbonyl (C=O) groups is 2. The first-order valence-electron chi connectivity index (χ1n) is 10.2. The molecule has 0 bridgehead atoms. The largest absolute Gasteiger partial charge is 0.467 e. The Hall–Kier alpha value is -3.29. The number of rotatable bonds is 4. The molecule has 3 heterocycles. The highest BCUT2D eigenvalue weighted by molar-refractivity contribution is 6.30. The fraction of sp³-hybridized carbons (Fsp3) is 0.250. The van der Waals surface area contributed by atoms with Crippen molar-refractivity contribution in [3.05, 3.63) is 87.8 Å². The lowest BCUT2D eigenvalue weighted by Gasteiger charge is -2.35. The molecule has 0 saturated heterocycles. The zero-order valence-electron chi connectivity index (χ0n) is 17.1. The van der Waals surface area contributed by atoms with Crippen LogP contribution in [0.4, 0.5) is 0 Å². The van der Waals surface area contributed by atoms with Crippen LogP contribution in [0.3, 0.4) is 0 Å². The molecule has 0 radical (unpaired) electrons. The number of halogens is 1. The minimum absolute atomic E-state index is 0.0251. The number of benzene rings is 2. The van der Waals surface area contributed by atoms with Crippen molar-refractivity contribution < 1.29 is 28.2 Å². The number of hydrogen-bond donors (Lipinski definition) is 0. The Balaban J connectivity index is 1.39. The van der Waals surface area contributed by atoms with Gasteiger partial charge in [-0.1, -0.05) is 35.9 Å². The number of carbonyl (C=O) groups excluding carboxylic acids is 2. The first-order valence-corrected chi connectivity index (χ1v) is 10.6. The smallest absolute Gasteiger partial charge is 0.329 e. The maximum atomic E-state index is 13.2. The van der Waals surface area contributed by atoms with Crippen LogP contribution in [0.25, 0.3) is 0 Å². The van der Waals surface area contributed by atoms with Crippen LogP contribution in [0, 0.1) is 0 Å². The fourth-order valence-corrected chi connectivity index (χ4v) is 4.36. The average Bonchev–Trinajstić information content (AvgIpc) is 3.36. The van der Waals surface area contributed by atoms with Crippen LogP contribution in [0.15, 0.2) is 59.2 Å². The Morgan fingerprint density at radius 3 is 2.75 bits per heavy atom. The maximum absolute atomic E-state index is 13.2. The lowest BCUT2D eigenvalue weighted by Crippen LogP contribution is -2.49. The molecule has 2 aromatic carbocycles. The van der Waals surface area contributed by atoms with E-state index in [4.69, 9.17) is 30.2 Å². The van der Waals surface area contributed by atoms with E-state index in [0.29, 0.717) is 35.9 Å². The lowest BCUT2D eigenvalue weighted by atomic mass is 9.93. The lowest BCUT2D eigenvalue weighted by molar-refractivity contribution is -0.151. The number of ether oxygens (including phenoxy) is 3. The first-order chi connectivity index (χ1) is 15.6. The Bertz CT molecular complexity index is 1160. The summed E-state index contributed by atoms with van der Waals surface area (Å²) in [5.74, 6) is -0.0577. The van der Waals surface area contributed by atoms with Gasteiger partial charge < -0.3 is 23.5 Å². The molecule has 5 rings (SSSR count). The molecule has 1 amide bonds. The average molecular weight is 454 g/mol. The molecule has 2 aliphatic rings. The second kappa shape index (κ2) is 8.68. The van der Waals surface area contributed by atoms with Gasteiger partial charge in [-0.3, -0.25) is 4.79 Å².